The summed E-state index contributed by atoms with van der Waals surface area (Å²) in [5, 5.41) is 12.9. The van der Waals surface area contributed by atoms with Crippen LogP contribution in [0.2, 0.25) is 0 Å². The lowest BCUT2D eigenvalue weighted by Crippen LogP contribution is -2.18. The monoisotopic (exact) mass is 337 g/mol. The molecule has 8 heteroatoms. The van der Waals surface area contributed by atoms with Crippen LogP contribution in [-0.4, -0.2) is 16.4 Å². The quantitative estimate of drug-likeness (QED) is 0.839. The standard InChI is InChI=1S/C16H14F3N3O2/c17-16(18,19)13-7-11(8-20)4-5-14(13)24-12-9-21-22(10-12)15-3-1-2-6-23-15/h4-5,7,9-10,15H,1-3,6H2. The average molecular weight is 337 g/mol. The topological polar surface area (TPSA) is 60.1 Å². The zero-order valence-corrected chi connectivity index (χ0v) is 12.6. The van der Waals surface area contributed by atoms with Crippen molar-refractivity contribution in [1.82, 2.24) is 9.78 Å². The molecule has 0 N–H and O–H groups in total. The molecule has 1 saturated heterocycles. The largest absolute Gasteiger partial charge is 0.453 e. The van der Waals surface area contributed by atoms with Gasteiger partial charge >= 0.3 is 6.18 Å². The van der Waals surface area contributed by atoms with Gasteiger partial charge in [0.15, 0.2) is 5.75 Å². The van der Waals surface area contributed by atoms with Crippen LogP contribution in [0.4, 0.5) is 13.2 Å². The van der Waals surface area contributed by atoms with Crippen molar-refractivity contribution < 1.29 is 22.6 Å². The van der Waals surface area contributed by atoms with Crippen molar-refractivity contribution in [3.05, 3.63) is 41.7 Å². The highest BCUT2D eigenvalue weighted by molar-refractivity contribution is 5.45. The number of ether oxygens (including phenoxy) is 2. The number of hydrogen-bond acceptors (Lipinski definition) is 4. The summed E-state index contributed by atoms with van der Waals surface area (Å²) in [6.07, 6.45) is 0.802. The Morgan fingerprint density at radius 2 is 2.17 bits per heavy atom. The maximum absolute atomic E-state index is 13.1. The van der Waals surface area contributed by atoms with Crippen molar-refractivity contribution >= 4 is 0 Å². The molecule has 5 nitrogen and oxygen atoms in total. The van der Waals surface area contributed by atoms with Crippen LogP contribution in [0.5, 0.6) is 11.5 Å². The summed E-state index contributed by atoms with van der Waals surface area (Å²) >= 11 is 0. The molecular formula is C16H14F3N3O2. The lowest BCUT2D eigenvalue weighted by Gasteiger charge is -2.22. The molecule has 126 valence electrons. The van der Waals surface area contributed by atoms with Crippen molar-refractivity contribution in [2.24, 2.45) is 0 Å². The van der Waals surface area contributed by atoms with E-state index in [4.69, 9.17) is 14.7 Å². The summed E-state index contributed by atoms with van der Waals surface area (Å²) in [4.78, 5) is 0. The molecule has 1 fully saturated rings. The van der Waals surface area contributed by atoms with Crippen molar-refractivity contribution in [2.75, 3.05) is 6.61 Å². The Bertz CT molecular complexity index is 759. The second-order valence-electron chi connectivity index (χ2n) is 5.40. The van der Waals surface area contributed by atoms with Crippen molar-refractivity contribution in [3.63, 3.8) is 0 Å². The van der Waals surface area contributed by atoms with Crippen LogP contribution in [0.15, 0.2) is 30.6 Å². The van der Waals surface area contributed by atoms with E-state index in [0.717, 1.165) is 31.4 Å². The van der Waals surface area contributed by atoms with Gasteiger partial charge in [-0.1, -0.05) is 0 Å². The van der Waals surface area contributed by atoms with Crippen LogP contribution in [0.25, 0.3) is 0 Å². The molecule has 2 heterocycles. The van der Waals surface area contributed by atoms with Gasteiger partial charge in [0.1, 0.15) is 12.0 Å². The van der Waals surface area contributed by atoms with Gasteiger partial charge < -0.3 is 9.47 Å². The second kappa shape index (κ2) is 6.53. The lowest BCUT2D eigenvalue weighted by molar-refractivity contribution is -0.138. The first kappa shape index (κ1) is 16.3. The first-order valence-corrected chi connectivity index (χ1v) is 7.42. The van der Waals surface area contributed by atoms with E-state index in [0.29, 0.717) is 6.61 Å². The Morgan fingerprint density at radius 1 is 1.33 bits per heavy atom. The van der Waals surface area contributed by atoms with Crippen molar-refractivity contribution in [2.45, 2.75) is 31.7 Å². The molecule has 0 spiro atoms. The summed E-state index contributed by atoms with van der Waals surface area (Å²) < 4.78 is 51.9. The van der Waals surface area contributed by atoms with Crippen molar-refractivity contribution in [1.29, 1.82) is 5.26 Å². The molecule has 0 radical (unpaired) electrons. The minimum atomic E-state index is -4.62. The van der Waals surface area contributed by atoms with E-state index in [1.165, 1.54) is 18.5 Å². The molecule has 1 aromatic heterocycles. The third-order valence-corrected chi connectivity index (χ3v) is 3.67. The molecule has 1 aliphatic rings. The highest BCUT2D eigenvalue weighted by Crippen LogP contribution is 2.38. The lowest BCUT2D eigenvalue weighted by atomic mass is 10.1. The average Bonchev–Trinajstić information content (AvgIpc) is 3.03. The van der Waals surface area contributed by atoms with Crippen LogP contribution in [-0.2, 0) is 10.9 Å². The summed E-state index contributed by atoms with van der Waals surface area (Å²) in [5.74, 6) is -0.190. The van der Waals surface area contributed by atoms with Gasteiger partial charge in [0.2, 0.25) is 0 Å². The molecule has 24 heavy (non-hydrogen) atoms. The number of alkyl halides is 3. The number of rotatable bonds is 3. The molecule has 3 rings (SSSR count). The fraction of sp³-hybridized carbons (Fsp3) is 0.375. The molecule has 1 unspecified atom stereocenters. The highest BCUT2D eigenvalue weighted by atomic mass is 19.4. The number of benzene rings is 1. The summed E-state index contributed by atoms with van der Waals surface area (Å²) in [7, 11) is 0. The van der Waals surface area contributed by atoms with Gasteiger partial charge in [-0.3, -0.25) is 0 Å². The van der Waals surface area contributed by atoms with Gasteiger partial charge in [0, 0.05) is 6.61 Å². The molecule has 1 aromatic carbocycles. The van der Waals surface area contributed by atoms with Crippen molar-refractivity contribution in [3.8, 4) is 17.6 Å². The first-order chi connectivity index (χ1) is 11.5. The SMILES string of the molecule is N#Cc1ccc(Oc2cnn(C3CCCCO3)c2)c(C(F)(F)F)c1. The van der Waals surface area contributed by atoms with Crippen LogP contribution in [0.3, 0.4) is 0 Å². The van der Waals surface area contributed by atoms with E-state index in [1.807, 2.05) is 0 Å². The fourth-order valence-corrected chi connectivity index (χ4v) is 2.50. The Morgan fingerprint density at radius 3 is 2.83 bits per heavy atom. The predicted molar refractivity (Wildman–Crippen MR) is 77.3 cm³/mol. The molecular weight excluding hydrogens is 323 g/mol. The maximum atomic E-state index is 13.1. The van der Waals surface area contributed by atoms with Gasteiger partial charge in [-0.25, -0.2) is 4.68 Å². The summed E-state index contributed by atoms with van der Waals surface area (Å²) in [6, 6.07) is 4.87. The molecule has 0 bridgehead atoms. The predicted octanol–water partition coefficient (Wildman–Crippen LogP) is 4.26. The molecule has 0 amide bonds. The molecule has 0 saturated carbocycles. The smallest absolute Gasteiger partial charge is 0.420 e. The first-order valence-electron chi connectivity index (χ1n) is 7.42. The normalized spacial score (nSPS) is 18.2. The zero-order chi connectivity index (χ0) is 17.2. The Balaban J connectivity index is 1.84. The molecule has 2 aromatic rings. The van der Waals surface area contributed by atoms with E-state index in [-0.39, 0.29) is 23.3 Å². The minimum Gasteiger partial charge on any atom is -0.453 e. The van der Waals surface area contributed by atoms with Crippen LogP contribution in [0, 0.1) is 11.3 Å². The third-order valence-electron chi connectivity index (χ3n) is 3.67. The van der Waals surface area contributed by atoms with Crippen LogP contribution >= 0.6 is 0 Å². The van der Waals surface area contributed by atoms with E-state index in [2.05, 4.69) is 5.10 Å². The zero-order valence-electron chi connectivity index (χ0n) is 12.6. The number of hydrogen-bond donors (Lipinski definition) is 0. The third kappa shape index (κ3) is 3.51. The minimum absolute atomic E-state index is 0.0824. The van der Waals surface area contributed by atoms with E-state index in [9.17, 15) is 13.2 Å². The van der Waals surface area contributed by atoms with Crippen LogP contribution < -0.4 is 4.74 Å². The Hall–Kier alpha value is -2.53. The van der Waals surface area contributed by atoms with Gasteiger partial charge in [0.05, 0.1) is 29.6 Å². The van der Waals surface area contributed by atoms with Crippen LogP contribution in [0.1, 0.15) is 36.6 Å². The number of halogens is 3. The number of aromatic nitrogens is 2. The molecule has 1 aliphatic heterocycles. The van der Waals surface area contributed by atoms with Gasteiger partial charge in [-0.05, 0) is 37.5 Å². The Kier molecular flexibility index (Phi) is 4.44. The molecule has 1 atom stereocenters. The maximum Gasteiger partial charge on any atom is 0.420 e. The molecule has 0 aliphatic carbocycles. The fourth-order valence-electron chi connectivity index (χ4n) is 2.50. The highest BCUT2D eigenvalue weighted by Gasteiger charge is 2.35. The number of nitriles is 1. The van der Waals surface area contributed by atoms with E-state index < -0.39 is 11.7 Å². The Labute approximate surface area is 136 Å². The van der Waals surface area contributed by atoms with Gasteiger partial charge in [-0.2, -0.15) is 23.5 Å². The van der Waals surface area contributed by atoms with E-state index in [1.54, 1.807) is 10.8 Å². The van der Waals surface area contributed by atoms with Gasteiger partial charge in [0.25, 0.3) is 0 Å². The summed E-state index contributed by atoms with van der Waals surface area (Å²) in [6.45, 7) is 0.633. The second-order valence-corrected chi connectivity index (χ2v) is 5.40. The van der Waals surface area contributed by atoms with Gasteiger partial charge in [-0.15, -0.1) is 0 Å². The summed E-state index contributed by atoms with van der Waals surface area (Å²) in [5.41, 5.74) is -1.08. The number of nitrogens with zero attached hydrogens (tertiary/aromatic N) is 3. The van der Waals surface area contributed by atoms with E-state index >= 15 is 0 Å².